The highest BCUT2D eigenvalue weighted by atomic mass is 19.1. The van der Waals surface area contributed by atoms with E-state index in [1.54, 1.807) is 55.5 Å². The molecule has 7 nitrogen and oxygen atoms in total. The Labute approximate surface area is 190 Å². The fourth-order valence-electron chi connectivity index (χ4n) is 3.11. The van der Waals surface area contributed by atoms with Crippen molar-refractivity contribution in [3.8, 4) is 5.75 Å². The lowest BCUT2D eigenvalue weighted by molar-refractivity contribution is -0.118. The number of nitrogens with one attached hydrogen (secondary N) is 2. The van der Waals surface area contributed by atoms with E-state index in [-0.39, 0.29) is 42.4 Å². The number of benzene rings is 2. The number of primary amides is 1. The number of halogens is 1. The third-order valence-corrected chi connectivity index (χ3v) is 4.79. The lowest BCUT2D eigenvalue weighted by Gasteiger charge is -2.17. The summed E-state index contributed by atoms with van der Waals surface area (Å²) in [4.78, 5) is 24.1. The van der Waals surface area contributed by atoms with Gasteiger partial charge < -0.3 is 25.6 Å². The van der Waals surface area contributed by atoms with Gasteiger partial charge in [0.1, 0.15) is 17.3 Å². The molecule has 0 fully saturated rings. The summed E-state index contributed by atoms with van der Waals surface area (Å²) in [6.07, 6.45) is 4.68. The van der Waals surface area contributed by atoms with Gasteiger partial charge in [-0.15, -0.1) is 0 Å². The molecule has 0 saturated carbocycles. The normalized spacial score (nSPS) is 10.8. The Kier molecular flexibility index (Phi) is 7.75. The third kappa shape index (κ3) is 6.39. The third-order valence-electron chi connectivity index (χ3n) is 4.79. The molecule has 0 aliphatic heterocycles. The van der Waals surface area contributed by atoms with Crippen LogP contribution in [0.15, 0.2) is 65.3 Å². The predicted octanol–water partition coefficient (Wildman–Crippen LogP) is 3.99. The Morgan fingerprint density at radius 1 is 1.18 bits per heavy atom. The number of hydrogen-bond acceptors (Lipinski definition) is 5. The summed E-state index contributed by atoms with van der Waals surface area (Å²) in [5, 5.41) is 11.4. The van der Waals surface area contributed by atoms with Gasteiger partial charge in [-0.1, -0.05) is 24.3 Å². The van der Waals surface area contributed by atoms with Crippen molar-refractivity contribution in [2.75, 3.05) is 6.61 Å². The number of ether oxygens (including phenoxy) is 1. The topological polar surface area (TPSA) is 118 Å². The van der Waals surface area contributed by atoms with Crippen molar-refractivity contribution in [2.24, 2.45) is 5.73 Å². The van der Waals surface area contributed by atoms with Crippen molar-refractivity contribution in [1.82, 2.24) is 5.32 Å². The molecule has 33 heavy (non-hydrogen) atoms. The molecule has 0 aliphatic rings. The van der Waals surface area contributed by atoms with Crippen molar-refractivity contribution >= 4 is 23.6 Å². The van der Waals surface area contributed by atoms with Gasteiger partial charge in [0.15, 0.2) is 0 Å². The molecule has 0 radical (unpaired) electrons. The zero-order chi connectivity index (χ0) is 23.8. The zero-order valence-electron chi connectivity index (χ0n) is 18.1. The Bertz CT molecular complexity index is 1170. The molecule has 2 aromatic carbocycles. The minimum absolute atomic E-state index is 0.0421. The van der Waals surface area contributed by atoms with Crippen LogP contribution >= 0.6 is 0 Å². The number of amides is 2. The van der Waals surface area contributed by atoms with Gasteiger partial charge in [0.2, 0.25) is 5.91 Å². The minimum Gasteiger partial charge on any atom is -0.491 e. The molecule has 4 N–H and O–H groups in total. The predicted molar refractivity (Wildman–Crippen MR) is 123 cm³/mol. The molecule has 0 unspecified atom stereocenters. The lowest BCUT2D eigenvalue weighted by atomic mass is 9.97. The monoisotopic (exact) mass is 449 g/mol. The second-order valence-corrected chi connectivity index (χ2v) is 7.26. The van der Waals surface area contributed by atoms with Crippen LogP contribution in [-0.2, 0) is 11.3 Å². The zero-order valence-corrected chi connectivity index (χ0v) is 18.1. The number of hydrogen-bond donors (Lipinski definition) is 3. The molecule has 0 spiro atoms. The Balaban J connectivity index is 1.91. The van der Waals surface area contributed by atoms with Crippen LogP contribution in [0.4, 0.5) is 4.39 Å². The van der Waals surface area contributed by atoms with E-state index in [1.165, 1.54) is 18.4 Å². The van der Waals surface area contributed by atoms with E-state index in [0.29, 0.717) is 22.5 Å². The lowest BCUT2D eigenvalue weighted by Crippen LogP contribution is -2.24. The maximum Gasteiger partial charge on any atom is 0.255 e. The SMILES string of the molecule is Cc1ccc(C(=O)NCc2ccco2)c(OCCC(N)=O)c1C(=N)/C=C/c1ccc(F)cc1. The highest BCUT2D eigenvalue weighted by molar-refractivity contribution is 6.13. The second-order valence-electron chi connectivity index (χ2n) is 7.26. The summed E-state index contributed by atoms with van der Waals surface area (Å²) in [6.45, 7) is 1.93. The summed E-state index contributed by atoms with van der Waals surface area (Å²) < 4.78 is 24.2. The molecule has 0 atom stereocenters. The molecular formula is C25H24FN3O4. The van der Waals surface area contributed by atoms with E-state index in [0.717, 1.165) is 0 Å². The van der Waals surface area contributed by atoms with Gasteiger partial charge in [-0.2, -0.15) is 0 Å². The summed E-state index contributed by atoms with van der Waals surface area (Å²) in [6, 6.07) is 12.6. The van der Waals surface area contributed by atoms with Gasteiger partial charge in [-0.3, -0.25) is 9.59 Å². The van der Waals surface area contributed by atoms with Crippen LogP contribution in [-0.4, -0.2) is 24.1 Å². The largest absolute Gasteiger partial charge is 0.491 e. The number of carbonyl (C=O) groups is 2. The molecule has 170 valence electrons. The van der Waals surface area contributed by atoms with Gasteiger partial charge in [0, 0.05) is 5.56 Å². The van der Waals surface area contributed by atoms with Gasteiger partial charge in [-0.25, -0.2) is 4.39 Å². The van der Waals surface area contributed by atoms with Crippen LogP contribution in [0.25, 0.3) is 6.08 Å². The fraction of sp³-hybridized carbons (Fsp3) is 0.160. The molecule has 2 amide bonds. The average molecular weight is 449 g/mol. The molecule has 0 bridgehead atoms. The minimum atomic E-state index is -0.542. The van der Waals surface area contributed by atoms with Gasteiger partial charge in [0.25, 0.3) is 5.91 Å². The summed E-state index contributed by atoms with van der Waals surface area (Å²) in [5.74, 6) is -0.545. The van der Waals surface area contributed by atoms with Crippen molar-refractivity contribution in [3.63, 3.8) is 0 Å². The number of furan rings is 1. The van der Waals surface area contributed by atoms with Crippen molar-refractivity contribution in [3.05, 3.63) is 94.7 Å². The maximum absolute atomic E-state index is 13.1. The van der Waals surface area contributed by atoms with Gasteiger partial charge in [-0.05, 0) is 54.5 Å². The van der Waals surface area contributed by atoms with E-state index in [9.17, 15) is 14.0 Å². The van der Waals surface area contributed by atoms with E-state index in [4.69, 9.17) is 20.3 Å². The molecule has 0 saturated heterocycles. The molecular weight excluding hydrogens is 425 g/mol. The Morgan fingerprint density at radius 2 is 1.94 bits per heavy atom. The molecule has 0 aliphatic carbocycles. The van der Waals surface area contributed by atoms with Crippen LogP contribution in [0, 0.1) is 18.2 Å². The fourth-order valence-corrected chi connectivity index (χ4v) is 3.11. The van der Waals surface area contributed by atoms with Crippen LogP contribution in [0.5, 0.6) is 5.75 Å². The first-order valence-corrected chi connectivity index (χ1v) is 10.2. The first-order valence-electron chi connectivity index (χ1n) is 10.2. The number of allylic oxidation sites excluding steroid dienone is 1. The quantitative estimate of drug-likeness (QED) is 0.406. The smallest absolute Gasteiger partial charge is 0.255 e. The molecule has 8 heteroatoms. The number of nitrogens with two attached hydrogens (primary N) is 1. The van der Waals surface area contributed by atoms with E-state index in [1.807, 2.05) is 0 Å². The Morgan fingerprint density at radius 3 is 2.61 bits per heavy atom. The molecule has 3 rings (SSSR count). The highest BCUT2D eigenvalue weighted by Gasteiger charge is 2.21. The van der Waals surface area contributed by atoms with E-state index >= 15 is 0 Å². The number of rotatable bonds is 10. The Hall–Kier alpha value is -4.20. The van der Waals surface area contributed by atoms with Crippen LogP contribution < -0.4 is 15.8 Å². The first kappa shape index (κ1) is 23.5. The summed E-state index contributed by atoms with van der Waals surface area (Å²) >= 11 is 0. The second kappa shape index (κ2) is 10.9. The molecule has 1 aromatic heterocycles. The first-order chi connectivity index (χ1) is 15.8. The van der Waals surface area contributed by atoms with Crippen LogP contribution in [0.3, 0.4) is 0 Å². The average Bonchev–Trinajstić information content (AvgIpc) is 3.30. The van der Waals surface area contributed by atoms with Crippen molar-refractivity contribution in [1.29, 1.82) is 5.41 Å². The van der Waals surface area contributed by atoms with Crippen LogP contribution in [0.1, 0.15) is 39.2 Å². The van der Waals surface area contributed by atoms with E-state index < -0.39 is 11.8 Å². The maximum atomic E-state index is 13.1. The van der Waals surface area contributed by atoms with Crippen LogP contribution in [0.2, 0.25) is 0 Å². The number of aryl methyl sites for hydroxylation is 1. The number of carbonyl (C=O) groups excluding carboxylic acids is 2. The summed E-state index contributed by atoms with van der Waals surface area (Å²) in [5.41, 5.74) is 7.35. The molecule has 3 aromatic rings. The summed E-state index contributed by atoms with van der Waals surface area (Å²) in [7, 11) is 0. The highest BCUT2D eigenvalue weighted by Crippen LogP contribution is 2.29. The van der Waals surface area contributed by atoms with Crippen molar-refractivity contribution in [2.45, 2.75) is 19.9 Å². The van der Waals surface area contributed by atoms with Gasteiger partial charge >= 0.3 is 0 Å². The van der Waals surface area contributed by atoms with Gasteiger partial charge in [0.05, 0.1) is 37.1 Å². The standard InChI is InChI=1S/C25H24FN3O4/c1-16-4-10-20(25(31)29-15-19-3-2-13-32-19)24(33-14-12-22(28)30)23(16)21(27)11-7-17-5-8-18(26)9-6-17/h2-11,13,27H,12,14-15H2,1H3,(H2,28,30)(H,29,31)/b11-7+,27-21?. The van der Waals surface area contributed by atoms with Crippen molar-refractivity contribution < 1.29 is 23.1 Å². The van der Waals surface area contributed by atoms with E-state index in [2.05, 4.69) is 5.32 Å². The molecule has 1 heterocycles.